The van der Waals surface area contributed by atoms with Crippen LogP contribution < -0.4 is 4.90 Å². The van der Waals surface area contributed by atoms with Crippen molar-refractivity contribution in [3.63, 3.8) is 0 Å². The van der Waals surface area contributed by atoms with Gasteiger partial charge in [-0.1, -0.05) is 31.2 Å². The van der Waals surface area contributed by atoms with E-state index in [2.05, 4.69) is 65.1 Å². The van der Waals surface area contributed by atoms with Crippen LogP contribution in [0.15, 0.2) is 41.1 Å². The van der Waals surface area contributed by atoms with Crippen LogP contribution in [0.3, 0.4) is 0 Å². The van der Waals surface area contributed by atoms with Gasteiger partial charge in [0.15, 0.2) is 12.5 Å². The van der Waals surface area contributed by atoms with Crippen LogP contribution in [0.25, 0.3) is 11.4 Å². The number of nitrogens with one attached hydrogen (secondary N) is 2. The molecule has 0 radical (unpaired) electrons. The summed E-state index contributed by atoms with van der Waals surface area (Å²) in [7, 11) is 2.16. The highest BCUT2D eigenvalue weighted by atomic mass is 32.1. The van der Waals surface area contributed by atoms with E-state index in [1.54, 1.807) is 11.3 Å². The molecule has 0 aliphatic carbocycles. The molecule has 1 unspecified atom stereocenters. The number of benzene rings is 1. The Balaban J connectivity index is 1.73. The van der Waals surface area contributed by atoms with Gasteiger partial charge in [-0.3, -0.25) is 5.10 Å². The number of nitrogens with zero attached hydrogens (tertiary/aromatic N) is 2. The maximum absolute atomic E-state index is 5.40. The average molecular weight is 346 g/mol. The third-order valence-corrected chi connectivity index (χ3v) is 4.87. The Hall–Kier alpha value is -1.76. The summed E-state index contributed by atoms with van der Waals surface area (Å²) in [5.74, 6) is 0.834. The molecule has 0 bridgehead atoms. The molecule has 23 heavy (non-hydrogen) atoms. The molecule has 1 atom stereocenters. The number of aryl methyl sites for hydroxylation is 1. The minimum Gasteiger partial charge on any atom is -0.315 e. The van der Waals surface area contributed by atoms with E-state index in [9.17, 15) is 0 Å². The zero-order valence-electron chi connectivity index (χ0n) is 13.4. The van der Waals surface area contributed by atoms with Crippen LogP contribution in [0.5, 0.6) is 0 Å². The van der Waals surface area contributed by atoms with Crippen molar-refractivity contribution in [2.24, 2.45) is 0 Å². The van der Waals surface area contributed by atoms with Crippen LogP contribution in [-0.2, 0) is 19.6 Å². The maximum atomic E-state index is 5.40. The number of thiophene rings is 1. The number of quaternary nitrogens is 1. The van der Waals surface area contributed by atoms with Crippen molar-refractivity contribution in [1.29, 1.82) is 0 Å². The Morgan fingerprint density at radius 2 is 2.00 bits per heavy atom. The fraction of sp³-hybridized carbons (Fsp3) is 0.294. The second-order valence-electron chi connectivity index (χ2n) is 5.76. The highest BCUT2D eigenvalue weighted by Gasteiger charge is 2.10. The van der Waals surface area contributed by atoms with Gasteiger partial charge in [-0.05, 0) is 41.0 Å². The lowest BCUT2D eigenvalue weighted by Crippen LogP contribution is -3.06. The topological polar surface area (TPSA) is 38.0 Å². The molecule has 6 heteroatoms. The lowest BCUT2D eigenvalue weighted by molar-refractivity contribution is -0.917. The van der Waals surface area contributed by atoms with Gasteiger partial charge in [-0.25, -0.2) is 4.68 Å². The standard InChI is InChI=1S/C17H20N4S2/c1-3-13-4-6-15(7-5-13)16-18-17(22)21(19-16)12-20(2)10-14-8-9-23-11-14/h4-9,11H,3,10,12H2,1-2H3,(H,18,19,22)/p+1. The van der Waals surface area contributed by atoms with E-state index in [0.717, 1.165) is 31.0 Å². The summed E-state index contributed by atoms with van der Waals surface area (Å²) < 4.78 is 2.55. The van der Waals surface area contributed by atoms with E-state index in [4.69, 9.17) is 12.2 Å². The molecule has 3 rings (SSSR count). The first-order chi connectivity index (χ1) is 11.2. The van der Waals surface area contributed by atoms with Gasteiger partial charge in [0, 0.05) is 11.1 Å². The minimum atomic E-state index is 0.601. The maximum Gasteiger partial charge on any atom is 0.221 e. The first-order valence-electron chi connectivity index (χ1n) is 7.74. The van der Waals surface area contributed by atoms with Crippen LogP contribution in [-0.4, -0.2) is 21.8 Å². The summed E-state index contributed by atoms with van der Waals surface area (Å²) >= 11 is 7.13. The van der Waals surface area contributed by atoms with Gasteiger partial charge >= 0.3 is 0 Å². The molecule has 1 aromatic carbocycles. The van der Waals surface area contributed by atoms with E-state index in [-0.39, 0.29) is 0 Å². The Labute approximate surface area is 145 Å². The third kappa shape index (κ3) is 3.96. The summed E-state index contributed by atoms with van der Waals surface area (Å²) in [6, 6.07) is 10.6. The van der Waals surface area contributed by atoms with Gasteiger partial charge < -0.3 is 4.90 Å². The van der Waals surface area contributed by atoms with E-state index in [0.29, 0.717) is 4.77 Å². The van der Waals surface area contributed by atoms with Crippen molar-refractivity contribution in [3.8, 4) is 11.4 Å². The van der Waals surface area contributed by atoms with Gasteiger partial charge in [-0.15, -0.1) is 0 Å². The molecular formula is C17H21N4S2+. The molecule has 0 saturated carbocycles. The second kappa shape index (κ2) is 7.21. The molecule has 0 spiro atoms. The molecule has 2 aromatic heterocycles. The normalized spacial score (nSPS) is 12.4. The van der Waals surface area contributed by atoms with E-state index in [1.165, 1.54) is 16.0 Å². The highest BCUT2D eigenvalue weighted by Crippen LogP contribution is 2.15. The number of H-pyrrole nitrogens is 1. The van der Waals surface area contributed by atoms with Crippen LogP contribution in [0, 0.1) is 4.77 Å². The Kier molecular flexibility index (Phi) is 5.05. The zero-order chi connectivity index (χ0) is 16.2. The van der Waals surface area contributed by atoms with Crippen molar-refractivity contribution in [1.82, 2.24) is 14.8 Å². The van der Waals surface area contributed by atoms with Crippen molar-refractivity contribution < 1.29 is 4.90 Å². The predicted molar refractivity (Wildman–Crippen MR) is 97.1 cm³/mol. The number of hydrogen-bond donors (Lipinski definition) is 2. The SMILES string of the molecule is CCc1ccc(-c2nc(=S)n(C[NH+](C)Cc3ccsc3)[nH]2)cc1. The monoisotopic (exact) mass is 345 g/mol. The van der Waals surface area contributed by atoms with E-state index < -0.39 is 0 Å². The largest absolute Gasteiger partial charge is 0.315 e. The number of hydrogen-bond acceptors (Lipinski definition) is 3. The Morgan fingerprint density at radius 3 is 2.65 bits per heavy atom. The average Bonchev–Trinajstić information content (AvgIpc) is 3.18. The molecular weight excluding hydrogens is 324 g/mol. The number of aromatic nitrogens is 3. The molecule has 0 aliphatic rings. The number of aromatic amines is 1. The van der Waals surface area contributed by atoms with Crippen molar-refractivity contribution in [2.45, 2.75) is 26.6 Å². The van der Waals surface area contributed by atoms with Crippen molar-refractivity contribution in [3.05, 3.63) is 57.0 Å². The van der Waals surface area contributed by atoms with Gasteiger partial charge in [0.25, 0.3) is 0 Å². The summed E-state index contributed by atoms with van der Waals surface area (Å²) in [5.41, 5.74) is 3.75. The third-order valence-electron chi connectivity index (χ3n) is 3.83. The van der Waals surface area contributed by atoms with E-state index >= 15 is 0 Å². The quantitative estimate of drug-likeness (QED) is 0.674. The summed E-state index contributed by atoms with van der Waals surface area (Å²) in [5, 5.41) is 7.63. The summed E-state index contributed by atoms with van der Waals surface area (Å²) in [4.78, 5) is 5.85. The highest BCUT2D eigenvalue weighted by molar-refractivity contribution is 7.71. The fourth-order valence-electron chi connectivity index (χ4n) is 2.56. The molecule has 4 nitrogen and oxygen atoms in total. The molecule has 0 amide bonds. The first kappa shape index (κ1) is 16.1. The second-order valence-corrected chi connectivity index (χ2v) is 6.90. The Morgan fingerprint density at radius 1 is 1.22 bits per heavy atom. The van der Waals surface area contributed by atoms with Crippen LogP contribution in [0.4, 0.5) is 0 Å². The van der Waals surface area contributed by atoms with Gasteiger partial charge in [-0.2, -0.15) is 16.3 Å². The van der Waals surface area contributed by atoms with Gasteiger partial charge in [0.05, 0.1) is 7.05 Å². The first-order valence-corrected chi connectivity index (χ1v) is 9.09. The molecule has 2 heterocycles. The molecule has 0 aliphatic heterocycles. The molecule has 0 saturated heterocycles. The van der Waals surface area contributed by atoms with Crippen molar-refractivity contribution >= 4 is 23.6 Å². The zero-order valence-corrected chi connectivity index (χ0v) is 15.0. The smallest absolute Gasteiger partial charge is 0.221 e. The molecule has 0 fully saturated rings. The Bertz CT molecular complexity index is 800. The minimum absolute atomic E-state index is 0.601. The van der Waals surface area contributed by atoms with Gasteiger partial charge in [0.2, 0.25) is 4.77 Å². The van der Waals surface area contributed by atoms with Crippen LogP contribution in [0.2, 0.25) is 0 Å². The van der Waals surface area contributed by atoms with Crippen LogP contribution >= 0.6 is 23.6 Å². The van der Waals surface area contributed by atoms with Gasteiger partial charge in [0.1, 0.15) is 6.54 Å². The molecule has 120 valence electrons. The lowest BCUT2D eigenvalue weighted by atomic mass is 10.1. The lowest BCUT2D eigenvalue weighted by Gasteiger charge is -2.13. The number of rotatable bonds is 6. The van der Waals surface area contributed by atoms with E-state index in [1.807, 2.05) is 4.68 Å². The summed E-state index contributed by atoms with van der Waals surface area (Å²) in [6.07, 6.45) is 1.04. The molecule has 3 aromatic rings. The predicted octanol–water partition coefficient (Wildman–Crippen LogP) is 2.90. The van der Waals surface area contributed by atoms with Crippen LogP contribution in [0.1, 0.15) is 18.1 Å². The van der Waals surface area contributed by atoms with Crippen molar-refractivity contribution in [2.75, 3.05) is 7.05 Å². The fourth-order valence-corrected chi connectivity index (χ4v) is 3.43. The summed E-state index contributed by atoms with van der Waals surface area (Å²) in [6.45, 7) is 3.91. The molecule has 2 N–H and O–H groups in total.